The molecule has 0 atom stereocenters. The number of carboxylic acids is 1. The second-order valence-electron chi connectivity index (χ2n) is 5.67. The summed E-state index contributed by atoms with van der Waals surface area (Å²) in [6, 6.07) is 9.77. The van der Waals surface area contributed by atoms with Crippen molar-refractivity contribution < 1.29 is 32.3 Å². The van der Waals surface area contributed by atoms with Gasteiger partial charge in [-0.25, -0.2) is 13.2 Å². The lowest BCUT2D eigenvalue weighted by atomic mass is 10.1. The summed E-state index contributed by atoms with van der Waals surface area (Å²) in [7, 11) is -3.22. The monoisotopic (exact) mass is 381 g/mol. The van der Waals surface area contributed by atoms with Crippen molar-refractivity contribution in [1.29, 1.82) is 0 Å². The summed E-state index contributed by atoms with van der Waals surface area (Å²) in [6.45, 7) is -0.0455. The maximum atomic E-state index is 12.0. The van der Waals surface area contributed by atoms with Crippen LogP contribution in [0.1, 0.15) is 21.9 Å². The first-order valence-electron chi connectivity index (χ1n) is 7.71. The lowest BCUT2D eigenvalue weighted by Gasteiger charge is -2.06. The van der Waals surface area contributed by atoms with Gasteiger partial charge in [0.1, 0.15) is 17.3 Å². The van der Waals surface area contributed by atoms with Crippen LogP contribution in [-0.2, 0) is 26.8 Å². The second kappa shape index (κ2) is 8.52. The zero-order chi connectivity index (χ0) is 19.2. The number of benzene rings is 1. The predicted molar refractivity (Wildman–Crippen MR) is 92.9 cm³/mol. The summed E-state index contributed by atoms with van der Waals surface area (Å²) in [6.07, 6.45) is 1.65. The lowest BCUT2D eigenvalue weighted by Crippen LogP contribution is -2.25. The van der Waals surface area contributed by atoms with Crippen molar-refractivity contribution in [3.8, 4) is 5.75 Å². The van der Waals surface area contributed by atoms with Gasteiger partial charge in [0.05, 0.1) is 0 Å². The van der Waals surface area contributed by atoms with Gasteiger partial charge in [-0.15, -0.1) is 0 Å². The molecule has 0 spiro atoms. The van der Waals surface area contributed by atoms with Crippen LogP contribution in [0, 0.1) is 0 Å². The number of aliphatic carboxylic acids is 1. The van der Waals surface area contributed by atoms with E-state index in [0.29, 0.717) is 18.7 Å². The van der Waals surface area contributed by atoms with E-state index in [0.717, 1.165) is 11.8 Å². The van der Waals surface area contributed by atoms with Crippen LogP contribution < -0.4 is 10.1 Å². The molecule has 2 N–H and O–H groups in total. The third-order valence-corrected chi connectivity index (χ3v) is 4.08. The van der Waals surface area contributed by atoms with Crippen LogP contribution in [0.25, 0.3) is 0 Å². The first-order valence-corrected chi connectivity index (χ1v) is 9.77. The zero-order valence-electron chi connectivity index (χ0n) is 14.1. The molecule has 1 aromatic carbocycles. The molecule has 140 valence electrons. The van der Waals surface area contributed by atoms with Crippen LogP contribution in [0.2, 0.25) is 0 Å². The SMILES string of the molecule is CS(=O)(=O)Cc1ccc(C(=O)NCCc2ccc(OCC(=O)O)cc2)o1. The van der Waals surface area contributed by atoms with Gasteiger partial charge in [-0.05, 0) is 36.2 Å². The normalized spacial score (nSPS) is 11.1. The van der Waals surface area contributed by atoms with Gasteiger partial charge in [-0.3, -0.25) is 4.79 Å². The lowest BCUT2D eigenvalue weighted by molar-refractivity contribution is -0.139. The summed E-state index contributed by atoms with van der Waals surface area (Å²) in [4.78, 5) is 22.4. The number of furan rings is 1. The molecule has 0 radical (unpaired) electrons. The molecule has 0 bridgehead atoms. The van der Waals surface area contributed by atoms with Crippen molar-refractivity contribution in [2.45, 2.75) is 12.2 Å². The van der Waals surface area contributed by atoms with Gasteiger partial charge in [-0.1, -0.05) is 12.1 Å². The van der Waals surface area contributed by atoms with Crippen LogP contribution in [0.4, 0.5) is 0 Å². The Hall–Kier alpha value is -2.81. The van der Waals surface area contributed by atoms with Gasteiger partial charge in [-0.2, -0.15) is 0 Å². The first kappa shape index (κ1) is 19.5. The second-order valence-corrected chi connectivity index (χ2v) is 7.81. The molecule has 0 aliphatic heterocycles. The molecule has 2 rings (SSSR count). The van der Waals surface area contributed by atoms with Crippen molar-refractivity contribution in [2.75, 3.05) is 19.4 Å². The fourth-order valence-electron chi connectivity index (χ4n) is 2.14. The minimum absolute atomic E-state index is 0.0565. The Morgan fingerprint density at radius 3 is 2.46 bits per heavy atom. The third kappa shape index (κ3) is 6.60. The van der Waals surface area contributed by atoms with E-state index >= 15 is 0 Å². The summed E-state index contributed by atoms with van der Waals surface area (Å²) in [5.74, 6) is -0.998. The van der Waals surface area contributed by atoms with E-state index in [9.17, 15) is 18.0 Å². The molecule has 1 aromatic heterocycles. The van der Waals surface area contributed by atoms with Gasteiger partial charge < -0.3 is 19.6 Å². The van der Waals surface area contributed by atoms with Crippen LogP contribution in [0.15, 0.2) is 40.8 Å². The number of amides is 1. The molecule has 0 aliphatic carbocycles. The van der Waals surface area contributed by atoms with Gasteiger partial charge >= 0.3 is 5.97 Å². The van der Waals surface area contributed by atoms with E-state index in [-0.39, 0.29) is 17.3 Å². The fraction of sp³-hybridized carbons (Fsp3) is 0.294. The van der Waals surface area contributed by atoms with Gasteiger partial charge in [0.2, 0.25) is 0 Å². The highest BCUT2D eigenvalue weighted by Gasteiger charge is 2.13. The highest BCUT2D eigenvalue weighted by atomic mass is 32.2. The van der Waals surface area contributed by atoms with Crippen LogP contribution in [0.5, 0.6) is 5.75 Å². The Morgan fingerprint density at radius 1 is 1.15 bits per heavy atom. The highest BCUT2D eigenvalue weighted by Crippen LogP contribution is 2.13. The number of nitrogens with one attached hydrogen (secondary N) is 1. The minimum atomic E-state index is -3.22. The molecule has 0 unspecified atom stereocenters. The molecule has 9 heteroatoms. The molecule has 2 aromatic rings. The highest BCUT2D eigenvalue weighted by molar-refractivity contribution is 7.89. The number of ether oxygens (including phenoxy) is 1. The number of carbonyl (C=O) groups is 2. The molecule has 8 nitrogen and oxygen atoms in total. The molecule has 0 saturated heterocycles. The Morgan fingerprint density at radius 2 is 1.85 bits per heavy atom. The van der Waals surface area contributed by atoms with Gasteiger partial charge in [0.15, 0.2) is 22.2 Å². The summed E-state index contributed by atoms with van der Waals surface area (Å²) >= 11 is 0. The van der Waals surface area contributed by atoms with E-state index in [4.69, 9.17) is 14.3 Å². The molecule has 1 heterocycles. The third-order valence-electron chi connectivity index (χ3n) is 3.27. The molecular weight excluding hydrogens is 362 g/mol. The van der Waals surface area contributed by atoms with E-state index in [1.165, 1.54) is 12.1 Å². The molecule has 0 saturated carbocycles. The van der Waals surface area contributed by atoms with Crippen LogP contribution in [-0.4, -0.2) is 44.8 Å². The molecule has 1 amide bonds. The van der Waals surface area contributed by atoms with E-state index in [1.54, 1.807) is 24.3 Å². The number of hydrogen-bond acceptors (Lipinski definition) is 6. The molecular formula is C17H19NO7S. The molecule has 0 fully saturated rings. The quantitative estimate of drug-likeness (QED) is 0.670. The summed E-state index contributed by atoms with van der Waals surface area (Å²) in [5.41, 5.74) is 0.935. The largest absolute Gasteiger partial charge is 0.482 e. The van der Waals surface area contributed by atoms with E-state index in [1.807, 2.05) is 0 Å². The van der Waals surface area contributed by atoms with Crippen LogP contribution in [0.3, 0.4) is 0 Å². The summed E-state index contributed by atoms with van der Waals surface area (Å²) < 4.78 is 32.7. The number of carboxylic acid groups (broad SMARTS) is 1. The molecule has 0 aliphatic rings. The smallest absolute Gasteiger partial charge is 0.341 e. The number of carbonyl (C=O) groups excluding carboxylic acids is 1. The average molecular weight is 381 g/mol. The first-order chi connectivity index (χ1) is 12.2. The standard InChI is InChI=1S/C17H19NO7S/c1-26(22,23)11-14-6-7-15(25-14)17(21)18-9-8-12-2-4-13(5-3-12)24-10-16(19)20/h2-7H,8-11H2,1H3,(H,18,21)(H,19,20). The predicted octanol–water partition coefficient (Wildman–Crippen LogP) is 1.26. The van der Waals surface area contributed by atoms with Crippen molar-refractivity contribution in [3.63, 3.8) is 0 Å². The topological polar surface area (TPSA) is 123 Å². The van der Waals surface area contributed by atoms with Crippen molar-refractivity contribution in [2.24, 2.45) is 0 Å². The van der Waals surface area contributed by atoms with Crippen molar-refractivity contribution in [1.82, 2.24) is 5.32 Å². The Kier molecular flexibility index (Phi) is 6.40. The number of rotatable bonds is 9. The number of hydrogen-bond donors (Lipinski definition) is 2. The van der Waals surface area contributed by atoms with Crippen molar-refractivity contribution >= 4 is 21.7 Å². The van der Waals surface area contributed by atoms with E-state index in [2.05, 4.69) is 5.32 Å². The van der Waals surface area contributed by atoms with E-state index < -0.39 is 28.3 Å². The Bertz CT molecular complexity index is 869. The Balaban J connectivity index is 1.80. The zero-order valence-corrected chi connectivity index (χ0v) is 14.9. The van der Waals surface area contributed by atoms with Crippen molar-refractivity contribution in [3.05, 3.63) is 53.5 Å². The van der Waals surface area contributed by atoms with Gasteiger partial charge in [0, 0.05) is 12.8 Å². The maximum absolute atomic E-state index is 12.0. The minimum Gasteiger partial charge on any atom is -0.482 e. The molecule has 26 heavy (non-hydrogen) atoms. The van der Waals surface area contributed by atoms with Gasteiger partial charge in [0.25, 0.3) is 5.91 Å². The number of sulfone groups is 1. The maximum Gasteiger partial charge on any atom is 0.341 e. The van der Waals surface area contributed by atoms with Crippen LogP contribution >= 0.6 is 0 Å². The summed E-state index contributed by atoms with van der Waals surface area (Å²) in [5, 5.41) is 11.2. The Labute approximate surface area is 150 Å². The fourth-order valence-corrected chi connectivity index (χ4v) is 2.81. The average Bonchev–Trinajstić information content (AvgIpc) is 3.00.